The van der Waals surface area contributed by atoms with Crippen LogP contribution in [0.25, 0.3) is 0 Å². The van der Waals surface area contributed by atoms with Crippen LogP contribution in [0.5, 0.6) is 0 Å². The number of carbonyl (C=O) groups excluding carboxylic acids is 1. The normalized spacial score (nSPS) is 30.8. The zero-order valence-corrected chi connectivity index (χ0v) is 14.9. The first-order chi connectivity index (χ1) is 10.4. The molecule has 2 fully saturated rings. The molecular weight excluding hydrogens is 294 g/mol. The zero-order valence-electron chi connectivity index (χ0n) is 14.1. The number of fused-ring (bicyclic) bond motifs is 1. The van der Waals surface area contributed by atoms with Gasteiger partial charge in [0.15, 0.2) is 0 Å². The van der Waals surface area contributed by atoms with E-state index in [1.54, 1.807) is 11.3 Å². The van der Waals surface area contributed by atoms with E-state index in [0.29, 0.717) is 12.5 Å². The van der Waals surface area contributed by atoms with Crippen LogP contribution in [-0.4, -0.2) is 53.9 Å². The second-order valence-electron chi connectivity index (χ2n) is 7.27. The highest BCUT2D eigenvalue weighted by Crippen LogP contribution is 2.46. The fraction of sp³-hybridized carbons (Fsp3) is 0.765. The SMILES string of the molecule is Cc1nc(CC(=O)N(C)C2C[C@H]3CC(N(C)C)C[C@H]3C2)cs1. The molecule has 22 heavy (non-hydrogen) atoms. The van der Waals surface area contributed by atoms with Gasteiger partial charge in [-0.25, -0.2) is 4.98 Å². The molecule has 2 saturated carbocycles. The van der Waals surface area contributed by atoms with Gasteiger partial charge in [-0.3, -0.25) is 4.79 Å². The second-order valence-corrected chi connectivity index (χ2v) is 8.34. The molecule has 2 unspecified atom stereocenters. The zero-order chi connectivity index (χ0) is 15.9. The molecular formula is C17H27N3OS. The Balaban J connectivity index is 1.54. The first-order valence-electron chi connectivity index (χ1n) is 8.27. The fourth-order valence-corrected chi connectivity index (χ4v) is 4.88. The number of aromatic nitrogens is 1. The van der Waals surface area contributed by atoms with Crippen LogP contribution in [0.15, 0.2) is 5.38 Å². The van der Waals surface area contributed by atoms with Gasteiger partial charge >= 0.3 is 0 Å². The number of aryl methyl sites for hydroxylation is 1. The molecule has 3 rings (SSSR count). The third-order valence-electron chi connectivity index (χ3n) is 5.64. The monoisotopic (exact) mass is 321 g/mol. The average Bonchev–Trinajstić information content (AvgIpc) is 3.11. The smallest absolute Gasteiger partial charge is 0.228 e. The van der Waals surface area contributed by atoms with Crippen molar-refractivity contribution in [2.24, 2.45) is 11.8 Å². The maximum Gasteiger partial charge on any atom is 0.228 e. The Hall–Kier alpha value is -0.940. The first-order valence-corrected chi connectivity index (χ1v) is 9.15. The summed E-state index contributed by atoms with van der Waals surface area (Å²) in [5.74, 6) is 1.85. The largest absolute Gasteiger partial charge is 0.342 e. The second kappa shape index (κ2) is 6.28. The third-order valence-corrected chi connectivity index (χ3v) is 6.46. The molecule has 1 aromatic heterocycles. The number of thiazole rings is 1. The van der Waals surface area contributed by atoms with Crippen LogP contribution >= 0.6 is 11.3 Å². The number of nitrogens with zero attached hydrogens (tertiary/aromatic N) is 3. The highest BCUT2D eigenvalue weighted by atomic mass is 32.1. The van der Waals surface area contributed by atoms with E-state index in [0.717, 1.165) is 28.6 Å². The number of hydrogen-bond donors (Lipinski definition) is 0. The minimum absolute atomic E-state index is 0.222. The molecule has 0 aliphatic heterocycles. The third kappa shape index (κ3) is 3.20. The number of rotatable bonds is 4. The molecule has 0 bridgehead atoms. The van der Waals surface area contributed by atoms with Crippen molar-refractivity contribution < 1.29 is 4.79 Å². The molecule has 1 aromatic rings. The Morgan fingerprint density at radius 1 is 1.18 bits per heavy atom. The van der Waals surface area contributed by atoms with Crippen LogP contribution in [0.2, 0.25) is 0 Å². The van der Waals surface area contributed by atoms with Crippen LogP contribution in [0.1, 0.15) is 36.4 Å². The van der Waals surface area contributed by atoms with Gasteiger partial charge in [0, 0.05) is 24.5 Å². The standard InChI is InChI=1S/C17H27N3OS/c1-11-18-14(10-22-11)9-17(21)20(4)16-7-12-5-15(19(2)3)6-13(12)8-16/h10,12-13,15-16H,5-9H2,1-4H3/t12-,13+,15?,16?. The molecule has 0 spiro atoms. The van der Waals surface area contributed by atoms with Gasteiger partial charge in [0.1, 0.15) is 0 Å². The molecule has 0 saturated heterocycles. The Morgan fingerprint density at radius 2 is 1.77 bits per heavy atom. The molecule has 1 heterocycles. The van der Waals surface area contributed by atoms with Gasteiger partial charge in [-0.15, -0.1) is 11.3 Å². The highest BCUT2D eigenvalue weighted by molar-refractivity contribution is 7.09. The summed E-state index contributed by atoms with van der Waals surface area (Å²) < 4.78 is 0. The van der Waals surface area contributed by atoms with Crippen molar-refractivity contribution in [2.75, 3.05) is 21.1 Å². The molecule has 4 atom stereocenters. The fourth-order valence-electron chi connectivity index (χ4n) is 4.26. The molecule has 0 aromatic carbocycles. The summed E-state index contributed by atoms with van der Waals surface area (Å²) in [5, 5.41) is 3.04. The van der Waals surface area contributed by atoms with E-state index in [9.17, 15) is 4.79 Å². The van der Waals surface area contributed by atoms with Gasteiger partial charge in [0.25, 0.3) is 0 Å². The predicted molar refractivity (Wildman–Crippen MR) is 90.0 cm³/mol. The molecule has 0 N–H and O–H groups in total. The van der Waals surface area contributed by atoms with Crippen molar-refractivity contribution in [2.45, 2.75) is 51.1 Å². The molecule has 122 valence electrons. The molecule has 4 nitrogen and oxygen atoms in total. The summed E-state index contributed by atoms with van der Waals surface area (Å²) >= 11 is 1.62. The van der Waals surface area contributed by atoms with E-state index in [4.69, 9.17) is 0 Å². The van der Waals surface area contributed by atoms with Gasteiger partial charge in [-0.2, -0.15) is 0 Å². The molecule has 0 radical (unpaired) electrons. The Labute approximate surface area is 137 Å². The maximum absolute atomic E-state index is 12.5. The van der Waals surface area contributed by atoms with Gasteiger partial charge in [-0.05, 0) is 58.5 Å². The quantitative estimate of drug-likeness (QED) is 0.855. The van der Waals surface area contributed by atoms with E-state index < -0.39 is 0 Å². The van der Waals surface area contributed by atoms with E-state index >= 15 is 0 Å². The van der Waals surface area contributed by atoms with Crippen LogP contribution < -0.4 is 0 Å². The minimum Gasteiger partial charge on any atom is -0.342 e. The van der Waals surface area contributed by atoms with Crippen molar-refractivity contribution in [1.82, 2.24) is 14.8 Å². The van der Waals surface area contributed by atoms with Crippen molar-refractivity contribution in [1.29, 1.82) is 0 Å². The number of hydrogen-bond acceptors (Lipinski definition) is 4. The van der Waals surface area contributed by atoms with Crippen LogP contribution in [0, 0.1) is 18.8 Å². The summed E-state index contributed by atoms with van der Waals surface area (Å²) in [5.41, 5.74) is 0.921. The Kier molecular flexibility index (Phi) is 4.55. The summed E-state index contributed by atoms with van der Waals surface area (Å²) in [6, 6.07) is 1.18. The van der Waals surface area contributed by atoms with Crippen LogP contribution in [0.3, 0.4) is 0 Å². The van der Waals surface area contributed by atoms with E-state index in [2.05, 4.69) is 24.0 Å². The Bertz CT molecular complexity index is 528. The van der Waals surface area contributed by atoms with Crippen molar-refractivity contribution >= 4 is 17.2 Å². The number of likely N-dealkylation sites (N-methyl/N-ethyl adjacent to an activating group) is 1. The number of carbonyl (C=O) groups is 1. The average molecular weight is 321 g/mol. The van der Waals surface area contributed by atoms with Crippen LogP contribution in [0.4, 0.5) is 0 Å². The molecule has 1 amide bonds. The van der Waals surface area contributed by atoms with E-state index in [1.165, 1.54) is 25.7 Å². The molecule has 2 aliphatic rings. The predicted octanol–water partition coefficient (Wildman–Crippen LogP) is 2.57. The van der Waals surface area contributed by atoms with Gasteiger partial charge in [0.2, 0.25) is 5.91 Å². The molecule has 5 heteroatoms. The van der Waals surface area contributed by atoms with Gasteiger partial charge in [0.05, 0.1) is 17.1 Å². The maximum atomic E-state index is 12.5. The lowest BCUT2D eigenvalue weighted by atomic mass is 10.0. The summed E-state index contributed by atoms with van der Waals surface area (Å²) in [6.07, 6.45) is 5.44. The lowest BCUT2D eigenvalue weighted by Gasteiger charge is -2.27. The summed E-state index contributed by atoms with van der Waals surface area (Å²) in [7, 11) is 6.36. The number of amides is 1. The summed E-state index contributed by atoms with van der Waals surface area (Å²) in [4.78, 5) is 21.3. The Morgan fingerprint density at radius 3 is 2.27 bits per heavy atom. The lowest BCUT2D eigenvalue weighted by Crippen LogP contribution is -2.37. The van der Waals surface area contributed by atoms with Crippen molar-refractivity contribution in [3.63, 3.8) is 0 Å². The first kappa shape index (κ1) is 15.9. The van der Waals surface area contributed by atoms with E-state index in [1.807, 2.05) is 24.3 Å². The van der Waals surface area contributed by atoms with Gasteiger partial charge < -0.3 is 9.80 Å². The van der Waals surface area contributed by atoms with Gasteiger partial charge in [-0.1, -0.05) is 0 Å². The van der Waals surface area contributed by atoms with Crippen molar-refractivity contribution in [3.8, 4) is 0 Å². The lowest BCUT2D eigenvalue weighted by molar-refractivity contribution is -0.131. The van der Waals surface area contributed by atoms with E-state index in [-0.39, 0.29) is 5.91 Å². The molecule has 2 aliphatic carbocycles. The van der Waals surface area contributed by atoms with Crippen LogP contribution in [-0.2, 0) is 11.2 Å². The highest BCUT2D eigenvalue weighted by Gasteiger charge is 2.43. The topological polar surface area (TPSA) is 36.4 Å². The van der Waals surface area contributed by atoms with Crippen molar-refractivity contribution in [3.05, 3.63) is 16.1 Å². The minimum atomic E-state index is 0.222. The summed E-state index contributed by atoms with van der Waals surface area (Å²) in [6.45, 7) is 1.99.